The topological polar surface area (TPSA) is 65.4 Å². The molecule has 30 heavy (non-hydrogen) atoms. The second-order valence-corrected chi connectivity index (χ2v) is 10.8. The number of aliphatic hydroxyl groups excluding tert-OH is 2. The molecule has 3 aliphatic carbocycles. The van der Waals surface area contributed by atoms with E-state index in [0.29, 0.717) is 17.8 Å². The van der Waals surface area contributed by atoms with Crippen molar-refractivity contribution in [2.24, 2.45) is 34.5 Å². The van der Waals surface area contributed by atoms with E-state index < -0.39 is 0 Å². The molecule has 0 saturated heterocycles. The van der Waals surface area contributed by atoms with Gasteiger partial charge in [0.25, 0.3) is 0 Å². The Morgan fingerprint density at radius 3 is 2.77 bits per heavy atom. The number of nitrogens with one attached hydrogen (secondary N) is 1. The normalized spacial score (nSPS) is 41.6. The van der Waals surface area contributed by atoms with Crippen molar-refractivity contribution in [1.82, 2.24) is 10.3 Å². The number of pyridine rings is 1. The van der Waals surface area contributed by atoms with Gasteiger partial charge < -0.3 is 15.5 Å². The number of fused-ring (bicyclic) bond motifs is 1. The Balaban J connectivity index is 1.57. The van der Waals surface area contributed by atoms with Crippen LogP contribution in [0.15, 0.2) is 36.7 Å². The predicted octanol–water partition coefficient (Wildman–Crippen LogP) is 4.33. The molecule has 0 aliphatic heterocycles. The second-order valence-electron chi connectivity index (χ2n) is 10.8. The highest BCUT2D eigenvalue weighted by Gasteiger charge is 2.56. The van der Waals surface area contributed by atoms with E-state index in [1.807, 2.05) is 18.5 Å². The van der Waals surface area contributed by atoms with Gasteiger partial charge in [0, 0.05) is 25.5 Å². The lowest BCUT2D eigenvalue weighted by Crippen LogP contribution is -2.53. The van der Waals surface area contributed by atoms with Crippen molar-refractivity contribution >= 4 is 0 Å². The third-order valence-electron chi connectivity index (χ3n) is 9.40. The van der Waals surface area contributed by atoms with E-state index in [1.165, 1.54) is 30.4 Å². The number of nitrogens with zero attached hydrogens (tertiary/aromatic N) is 1. The minimum absolute atomic E-state index is 0.0971. The molecule has 1 aromatic heterocycles. The molecular formula is C26H40N2O2. The molecule has 3 N–H and O–H groups in total. The molecular weight excluding hydrogens is 372 g/mol. The standard InChI is InChI=1S/C26H40N2O2/c1-18-6-7-23-22(16-28-15-19-5-4-12-27-14-19)24(9-11-25(18,23)2)26(3)10-8-21(30)13-20(26)17-29/h4-5,12,14,20-24,28-30H,1,6-11,13,15-17H2,2-3H3/t20-,21?,22+,23?,24?,25-,26+/m1/s1. The van der Waals surface area contributed by atoms with Crippen LogP contribution >= 0.6 is 0 Å². The summed E-state index contributed by atoms with van der Waals surface area (Å²) in [6.07, 6.45) is 11.0. The molecule has 0 bridgehead atoms. The van der Waals surface area contributed by atoms with E-state index in [1.54, 1.807) is 0 Å². The molecule has 4 nitrogen and oxygen atoms in total. The fourth-order valence-corrected chi connectivity index (χ4v) is 7.35. The monoisotopic (exact) mass is 412 g/mol. The Labute approximate surface area is 182 Å². The number of hydrogen-bond donors (Lipinski definition) is 3. The smallest absolute Gasteiger partial charge is 0.0544 e. The van der Waals surface area contributed by atoms with E-state index >= 15 is 0 Å². The number of rotatable bonds is 6. The molecule has 0 radical (unpaired) electrons. The fourth-order valence-electron chi connectivity index (χ4n) is 7.35. The van der Waals surface area contributed by atoms with Gasteiger partial charge in [-0.25, -0.2) is 0 Å². The molecule has 3 saturated carbocycles. The molecule has 7 atom stereocenters. The zero-order chi connectivity index (χ0) is 21.4. The number of aliphatic hydroxyl groups is 2. The van der Waals surface area contributed by atoms with Crippen LogP contribution in [0, 0.1) is 34.5 Å². The van der Waals surface area contributed by atoms with E-state index in [0.717, 1.165) is 38.8 Å². The summed E-state index contributed by atoms with van der Waals surface area (Å²) in [6.45, 7) is 11.4. The largest absolute Gasteiger partial charge is 0.396 e. The maximum absolute atomic E-state index is 10.3. The van der Waals surface area contributed by atoms with E-state index in [4.69, 9.17) is 0 Å². The molecule has 1 heterocycles. The van der Waals surface area contributed by atoms with Gasteiger partial charge in [0.15, 0.2) is 0 Å². The van der Waals surface area contributed by atoms with Gasteiger partial charge in [-0.05, 0) is 97.6 Å². The summed E-state index contributed by atoms with van der Waals surface area (Å²) in [5, 5.41) is 24.2. The summed E-state index contributed by atoms with van der Waals surface area (Å²) >= 11 is 0. The van der Waals surface area contributed by atoms with Gasteiger partial charge in [-0.15, -0.1) is 0 Å². The molecule has 1 aromatic rings. The maximum atomic E-state index is 10.3. The number of aromatic nitrogens is 1. The summed E-state index contributed by atoms with van der Waals surface area (Å²) in [5.74, 6) is 2.01. The Bertz CT molecular complexity index is 738. The van der Waals surface area contributed by atoms with Crippen LogP contribution < -0.4 is 5.32 Å². The Morgan fingerprint density at radius 2 is 2.03 bits per heavy atom. The summed E-state index contributed by atoms with van der Waals surface area (Å²) in [4.78, 5) is 4.25. The van der Waals surface area contributed by atoms with E-state index in [2.05, 4.69) is 36.8 Å². The van der Waals surface area contributed by atoms with Crippen LogP contribution in [-0.4, -0.2) is 34.5 Å². The molecule has 4 heteroatoms. The number of hydrogen-bond acceptors (Lipinski definition) is 4. The lowest BCUT2D eigenvalue weighted by molar-refractivity contribution is -0.0933. The lowest BCUT2D eigenvalue weighted by atomic mass is 9.49. The van der Waals surface area contributed by atoms with Crippen LogP contribution in [0.25, 0.3) is 0 Å². The molecule has 166 valence electrons. The van der Waals surface area contributed by atoms with Crippen LogP contribution in [0.2, 0.25) is 0 Å². The van der Waals surface area contributed by atoms with Gasteiger partial charge >= 0.3 is 0 Å². The molecule has 0 amide bonds. The highest BCUT2D eigenvalue weighted by Crippen LogP contribution is 2.63. The molecule has 3 aliphatic rings. The van der Waals surface area contributed by atoms with Crippen molar-refractivity contribution in [3.63, 3.8) is 0 Å². The SMILES string of the molecule is C=C1CCC2[C@H](CNCc3cccnc3)C([C@@]3(C)CCC(O)C[C@@H]3CO)CC[C@]12C. The minimum Gasteiger partial charge on any atom is -0.396 e. The Kier molecular flexibility index (Phi) is 6.39. The molecule has 3 unspecified atom stereocenters. The fraction of sp³-hybridized carbons (Fsp3) is 0.731. The average Bonchev–Trinajstić information content (AvgIpc) is 3.05. The first-order valence-electron chi connectivity index (χ1n) is 12.0. The van der Waals surface area contributed by atoms with Crippen LogP contribution in [0.1, 0.15) is 64.4 Å². The molecule has 3 fully saturated rings. The van der Waals surface area contributed by atoms with Crippen LogP contribution in [0.4, 0.5) is 0 Å². The second kappa shape index (κ2) is 8.72. The Hall–Kier alpha value is -1.23. The predicted molar refractivity (Wildman–Crippen MR) is 121 cm³/mol. The van der Waals surface area contributed by atoms with E-state index in [-0.39, 0.29) is 29.5 Å². The van der Waals surface area contributed by atoms with Crippen LogP contribution in [0.5, 0.6) is 0 Å². The van der Waals surface area contributed by atoms with Crippen molar-refractivity contribution in [2.75, 3.05) is 13.2 Å². The van der Waals surface area contributed by atoms with Gasteiger partial charge in [-0.3, -0.25) is 4.98 Å². The van der Waals surface area contributed by atoms with Crippen molar-refractivity contribution < 1.29 is 10.2 Å². The van der Waals surface area contributed by atoms with Crippen molar-refractivity contribution in [3.8, 4) is 0 Å². The van der Waals surface area contributed by atoms with Gasteiger partial charge in [-0.1, -0.05) is 32.1 Å². The first-order chi connectivity index (χ1) is 14.4. The van der Waals surface area contributed by atoms with Crippen LogP contribution in [-0.2, 0) is 6.54 Å². The average molecular weight is 413 g/mol. The van der Waals surface area contributed by atoms with Gasteiger partial charge in [-0.2, -0.15) is 0 Å². The van der Waals surface area contributed by atoms with Crippen molar-refractivity contribution in [1.29, 1.82) is 0 Å². The zero-order valence-electron chi connectivity index (χ0n) is 18.8. The highest BCUT2D eigenvalue weighted by atomic mass is 16.3. The molecule has 0 spiro atoms. The third kappa shape index (κ3) is 3.87. The highest BCUT2D eigenvalue weighted by molar-refractivity contribution is 5.21. The summed E-state index contributed by atoms with van der Waals surface area (Å²) < 4.78 is 0. The molecule has 0 aromatic carbocycles. The zero-order valence-corrected chi connectivity index (χ0v) is 18.8. The molecule has 4 rings (SSSR count). The number of allylic oxidation sites excluding steroid dienone is 1. The van der Waals surface area contributed by atoms with Gasteiger partial charge in [0.1, 0.15) is 0 Å². The van der Waals surface area contributed by atoms with Crippen molar-refractivity contribution in [2.45, 2.75) is 71.4 Å². The maximum Gasteiger partial charge on any atom is 0.0544 e. The third-order valence-corrected chi connectivity index (χ3v) is 9.40. The van der Waals surface area contributed by atoms with Gasteiger partial charge in [0.05, 0.1) is 6.10 Å². The van der Waals surface area contributed by atoms with E-state index in [9.17, 15) is 10.2 Å². The first kappa shape index (κ1) is 22.0. The minimum atomic E-state index is -0.252. The van der Waals surface area contributed by atoms with Gasteiger partial charge in [0.2, 0.25) is 0 Å². The summed E-state index contributed by atoms with van der Waals surface area (Å²) in [7, 11) is 0. The Morgan fingerprint density at radius 1 is 1.20 bits per heavy atom. The first-order valence-corrected chi connectivity index (χ1v) is 12.0. The lowest BCUT2D eigenvalue weighted by Gasteiger charge is -2.56. The van der Waals surface area contributed by atoms with Crippen LogP contribution in [0.3, 0.4) is 0 Å². The summed E-state index contributed by atoms with van der Waals surface area (Å²) in [5.41, 5.74) is 3.03. The summed E-state index contributed by atoms with van der Waals surface area (Å²) in [6, 6.07) is 4.13. The quantitative estimate of drug-likeness (QED) is 0.609. The van der Waals surface area contributed by atoms with Crippen molar-refractivity contribution in [3.05, 3.63) is 42.2 Å².